The van der Waals surface area contributed by atoms with E-state index in [1.807, 2.05) is 7.05 Å². The molecule has 132 valence electrons. The number of hydrogen-bond acceptors (Lipinski definition) is 5. The minimum Gasteiger partial charge on any atom is -0.504 e. The lowest BCUT2D eigenvalue weighted by Gasteiger charge is -2.03. The summed E-state index contributed by atoms with van der Waals surface area (Å²) >= 11 is 12.8. The van der Waals surface area contributed by atoms with E-state index < -0.39 is 0 Å². The van der Waals surface area contributed by atoms with Crippen LogP contribution in [-0.2, 0) is 18.4 Å². The zero-order chi connectivity index (χ0) is 18.1. The van der Waals surface area contributed by atoms with E-state index in [9.17, 15) is 9.90 Å². The zero-order valence-corrected chi connectivity index (χ0v) is 15.8. The highest BCUT2D eigenvalue weighted by molar-refractivity contribution is 7.16. The molecule has 1 amide bonds. The molecule has 10 heteroatoms. The van der Waals surface area contributed by atoms with Gasteiger partial charge in [-0.2, -0.15) is 0 Å². The van der Waals surface area contributed by atoms with Crippen LogP contribution in [-0.4, -0.2) is 36.0 Å². The Balaban J connectivity index is 1.74. The standard InChI is InChI=1S/C15H15Cl2N5O2S/c1-8-13(24)12-14(21(8)2)19-7-22(12)6-11(23)20-15-18-5-10(25-15)3-9(17)4-16/h3,5,7,24H,4,6H2,1-2H3,(H,18,20,23). The fraction of sp³-hybridized carbons (Fsp3) is 0.267. The van der Waals surface area contributed by atoms with E-state index in [2.05, 4.69) is 15.3 Å². The molecule has 3 aromatic heterocycles. The van der Waals surface area contributed by atoms with Gasteiger partial charge in [-0.15, -0.1) is 11.6 Å². The molecule has 0 unspecified atom stereocenters. The van der Waals surface area contributed by atoms with Gasteiger partial charge in [0.2, 0.25) is 5.91 Å². The molecule has 0 aromatic carbocycles. The molecule has 0 atom stereocenters. The Morgan fingerprint density at radius 2 is 2.24 bits per heavy atom. The SMILES string of the molecule is Cc1c(O)c2c(ncn2CC(=O)Nc2ncc(C=C(Cl)CCl)s2)n1C. The molecule has 3 heterocycles. The van der Waals surface area contributed by atoms with E-state index in [1.54, 1.807) is 28.3 Å². The average Bonchev–Trinajstić information content (AvgIpc) is 3.24. The van der Waals surface area contributed by atoms with Crippen molar-refractivity contribution in [1.29, 1.82) is 0 Å². The maximum Gasteiger partial charge on any atom is 0.246 e. The number of carbonyl (C=O) groups excluding carboxylic acids is 1. The van der Waals surface area contributed by atoms with Crippen LogP contribution < -0.4 is 5.32 Å². The molecule has 0 fully saturated rings. The van der Waals surface area contributed by atoms with Gasteiger partial charge in [0, 0.05) is 18.3 Å². The summed E-state index contributed by atoms with van der Waals surface area (Å²) in [5.41, 5.74) is 1.85. The number of rotatable bonds is 5. The van der Waals surface area contributed by atoms with Crippen LogP contribution in [0.15, 0.2) is 17.6 Å². The van der Waals surface area contributed by atoms with Gasteiger partial charge in [-0.05, 0) is 13.0 Å². The van der Waals surface area contributed by atoms with Crippen LogP contribution in [0.3, 0.4) is 0 Å². The number of thiazole rings is 1. The molecule has 3 aromatic rings. The summed E-state index contributed by atoms with van der Waals surface area (Å²) in [7, 11) is 1.81. The predicted molar refractivity (Wildman–Crippen MR) is 100 cm³/mol. The smallest absolute Gasteiger partial charge is 0.246 e. The maximum atomic E-state index is 12.3. The molecule has 0 spiro atoms. The monoisotopic (exact) mass is 399 g/mol. The third-order valence-corrected chi connectivity index (χ3v) is 5.24. The van der Waals surface area contributed by atoms with Gasteiger partial charge < -0.3 is 19.6 Å². The third kappa shape index (κ3) is 3.51. The van der Waals surface area contributed by atoms with Crippen molar-refractivity contribution in [2.45, 2.75) is 13.5 Å². The number of fused-ring (bicyclic) bond motifs is 1. The number of allylic oxidation sites excluding steroid dienone is 1. The number of halogens is 2. The quantitative estimate of drug-likeness (QED) is 0.644. The second-order valence-corrected chi connectivity index (χ2v) is 7.19. The first-order valence-electron chi connectivity index (χ1n) is 7.27. The van der Waals surface area contributed by atoms with E-state index in [0.29, 0.717) is 27.0 Å². The molecular weight excluding hydrogens is 385 g/mol. The van der Waals surface area contributed by atoms with E-state index in [4.69, 9.17) is 23.2 Å². The van der Waals surface area contributed by atoms with Crippen LogP contribution in [0.1, 0.15) is 10.6 Å². The second-order valence-electron chi connectivity index (χ2n) is 5.38. The van der Waals surface area contributed by atoms with Crippen molar-refractivity contribution in [3.05, 3.63) is 28.1 Å². The first-order chi connectivity index (χ1) is 11.9. The molecule has 0 saturated carbocycles. The summed E-state index contributed by atoms with van der Waals surface area (Å²) in [6.07, 6.45) is 4.84. The van der Waals surface area contributed by atoms with Gasteiger partial charge in [0.25, 0.3) is 0 Å². The fourth-order valence-electron chi connectivity index (χ4n) is 2.39. The Hall–Kier alpha value is -2.03. The Labute approximate surface area is 157 Å². The van der Waals surface area contributed by atoms with Crippen molar-refractivity contribution in [3.63, 3.8) is 0 Å². The molecule has 2 N–H and O–H groups in total. The fourth-order valence-corrected chi connectivity index (χ4v) is 3.45. The van der Waals surface area contributed by atoms with Gasteiger partial charge in [0.05, 0.1) is 22.8 Å². The summed E-state index contributed by atoms with van der Waals surface area (Å²) in [6, 6.07) is 0. The molecule has 7 nitrogen and oxygen atoms in total. The lowest BCUT2D eigenvalue weighted by molar-refractivity contribution is -0.116. The number of imidazole rings is 1. The van der Waals surface area contributed by atoms with Crippen LogP contribution >= 0.6 is 34.5 Å². The molecule has 0 aliphatic rings. The highest BCUT2D eigenvalue weighted by Crippen LogP contribution is 2.30. The first kappa shape index (κ1) is 17.8. The number of aryl methyl sites for hydroxylation is 1. The Bertz CT molecular complexity index is 972. The van der Waals surface area contributed by atoms with Crippen molar-refractivity contribution < 1.29 is 9.90 Å². The van der Waals surface area contributed by atoms with Crippen LogP contribution in [0.2, 0.25) is 0 Å². The van der Waals surface area contributed by atoms with Crippen LogP contribution in [0.5, 0.6) is 5.75 Å². The van der Waals surface area contributed by atoms with Gasteiger partial charge >= 0.3 is 0 Å². The van der Waals surface area contributed by atoms with Gasteiger partial charge in [-0.3, -0.25) is 4.79 Å². The molecule has 0 bridgehead atoms. The summed E-state index contributed by atoms with van der Waals surface area (Å²) in [4.78, 5) is 21.4. The minimum atomic E-state index is -0.270. The third-order valence-electron chi connectivity index (χ3n) is 3.72. The van der Waals surface area contributed by atoms with E-state index in [-0.39, 0.29) is 24.1 Å². The van der Waals surface area contributed by atoms with Gasteiger partial charge in [0.1, 0.15) is 12.1 Å². The number of aromatic hydroxyl groups is 1. The second kappa shape index (κ2) is 7.07. The number of alkyl halides is 1. The largest absolute Gasteiger partial charge is 0.504 e. The zero-order valence-electron chi connectivity index (χ0n) is 13.5. The van der Waals surface area contributed by atoms with Gasteiger partial charge in [-0.1, -0.05) is 22.9 Å². The van der Waals surface area contributed by atoms with Crippen molar-refractivity contribution in [3.8, 4) is 5.75 Å². The van der Waals surface area contributed by atoms with E-state index in [1.165, 1.54) is 17.7 Å². The summed E-state index contributed by atoms with van der Waals surface area (Å²) in [5, 5.41) is 13.9. The number of aromatic nitrogens is 4. The number of nitrogens with one attached hydrogen (secondary N) is 1. The Kier molecular flexibility index (Phi) is 5.03. The summed E-state index contributed by atoms with van der Waals surface area (Å²) in [6.45, 7) is 1.80. The van der Waals surface area contributed by atoms with Crippen LogP contribution in [0.25, 0.3) is 17.2 Å². The maximum absolute atomic E-state index is 12.3. The predicted octanol–water partition coefficient (Wildman–Crippen LogP) is 3.30. The van der Waals surface area contributed by atoms with Gasteiger partial charge in [-0.25, -0.2) is 9.97 Å². The lowest BCUT2D eigenvalue weighted by atomic mass is 10.4. The minimum absolute atomic E-state index is 0.0146. The number of amides is 1. The van der Waals surface area contributed by atoms with Crippen molar-refractivity contribution >= 4 is 62.8 Å². The van der Waals surface area contributed by atoms with E-state index in [0.717, 1.165) is 4.88 Å². The highest BCUT2D eigenvalue weighted by atomic mass is 35.5. The molecule has 3 rings (SSSR count). The summed E-state index contributed by atoms with van der Waals surface area (Å²) in [5.74, 6) is 0.0753. The molecule has 0 aliphatic carbocycles. The van der Waals surface area contributed by atoms with Crippen molar-refractivity contribution in [2.75, 3.05) is 11.2 Å². The van der Waals surface area contributed by atoms with E-state index >= 15 is 0 Å². The summed E-state index contributed by atoms with van der Waals surface area (Å²) < 4.78 is 3.38. The molecule has 25 heavy (non-hydrogen) atoms. The highest BCUT2D eigenvalue weighted by Gasteiger charge is 2.18. The average molecular weight is 400 g/mol. The molecule has 0 saturated heterocycles. The van der Waals surface area contributed by atoms with Crippen molar-refractivity contribution in [1.82, 2.24) is 19.1 Å². The van der Waals surface area contributed by atoms with Crippen LogP contribution in [0.4, 0.5) is 5.13 Å². The number of hydrogen-bond donors (Lipinski definition) is 2. The molecular formula is C15H15Cl2N5O2S. The number of anilines is 1. The molecule has 0 aliphatic heterocycles. The topological polar surface area (TPSA) is 85.0 Å². The number of nitrogens with zero attached hydrogens (tertiary/aromatic N) is 4. The lowest BCUT2D eigenvalue weighted by Crippen LogP contribution is -2.18. The van der Waals surface area contributed by atoms with Gasteiger partial charge in [0.15, 0.2) is 16.5 Å². The normalized spacial score (nSPS) is 12.1. The first-order valence-corrected chi connectivity index (χ1v) is 9.00. The van der Waals surface area contributed by atoms with Crippen LogP contribution in [0, 0.1) is 6.92 Å². The molecule has 0 radical (unpaired) electrons. The Morgan fingerprint density at radius 1 is 1.48 bits per heavy atom. The van der Waals surface area contributed by atoms with Crippen molar-refractivity contribution in [2.24, 2.45) is 7.05 Å². The number of carbonyl (C=O) groups is 1. The Morgan fingerprint density at radius 3 is 2.96 bits per heavy atom.